The Bertz CT molecular complexity index is 417. The second-order valence-electron chi connectivity index (χ2n) is 5.84. The lowest BCUT2D eigenvalue weighted by Gasteiger charge is -2.41. The fourth-order valence-corrected chi connectivity index (χ4v) is 3.07. The zero-order valence-electron chi connectivity index (χ0n) is 12.1. The maximum atomic E-state index is 13.4. The normalized spacial score (nSPS) is 19.5. The van der Waals surface area contributed by atoms with Crippen molar-refractivity contribution in [2.24, 2.45) is 5.41 Å². The van der Waals surface area contributed by atoms with E-state index in [-0.39, 0.29) is 11.5 Å². The first-order valence-corrected chi connectivity index (χ1v) is 7.35. The topological polar surface area (TPSA) is 29.3 Å². The number of nitrogen functional groups attached to an aromatic ring is 1. The molecular formula is C16H25FN2. The first kappa shape index (κ1) is 14.3. The highest BCUT2D eigenvalue weighted by atomic mass is 19.1. The molecule has 0 aliphatic carbocycles. The Balaban J connectivity index is 1.93. The number of piperidine rings is 1. The highest BCUT2D eigenvalue weighted by Gasteiger charge is 2.30. The van der Waals surface area contributed by atoms with Crippen molar-refractivity contribution in [2.75, 3.05) is 18.8 Å². The van der Waals surface area contributed by atoms with Gasteiger partial charge in [0.05, 0.1) is 5.69 Å². The Kier molecular flexibility index (Phi) is 4.46. The minimum absolute atomic E-state index is 0.235. The minimum atomic E-state index is -0.300. The molecule has 1 fully saturated rings. The predicted molar refractivity (Wildman–Crippen MR) is 78.3 cm³/mol. The molecule has 0 amide bonds. The van der Waals surface area contributed by atoms with Crippen LogP contribution in [0.5, 0.6) is 0 Å². The fourth-order valence-electron chi connectivity index (χ4n) is 3.07. The van der Waals surface area contributed by atoms with Gasteiger partial charge in [-0.25, -0.2) is 4.39 Å². The van der Waals surface area contributed by atoms with Gasteiger partial charge >= 0.3 is 0 Å². The molecule has 19 heavy (non-hydrogen) atoms. The van der Waals surface area contributed by atoms with Crippen molar-refractivity contribution < 1.29 is 4.39 Å². The summed E-state index contributed by atoms with van der Waals surface area (Å²) in [5, 5.41) is 0. The molecule has 2 N–H and O–H groups in total. The molecule has 0 aromatic heterocycles. The zero-order valence-corrected chi connectivity index (χ0v) is 12.1. The lowest BCUT2D eigenvalue weighted by molar-refractivity contribution is 0.0908. The van der Waals surface area contributed by atoms with Gasteiger partial charge in [0.1, 0.15) is 5.82 Å². The SMILES string of the molecule is CCC1(CC)CCN(Cc2ccc(N)c(F)c2)CC1. The number of halogens is 1. The van der Waals surface area contributed by atoms with Gasteiger partial charge in [0.25, 0.3) is 0 Å². The van der Waals surface area contributed by atoms with Gasteiger partial charge in [0, 0.05) is 6.54 Å². The van der Waals surface area contributed by atoms with Gasteiger partial charge in [0.2, 0.25) is 0 Å². The van der Waals surface area contributed by atoms with Crippen LogP contribution in [0.3, 0.4) is 0 Å². The summed E-state index contributed by atoms with van der Waals surface area (Å²) in [6.45, 7) is 7.67. The molecule has 3 heteroatoms. The van der Waals surface area contributed by atoms with E-state index >= 15 is 0 Å². The van der Waals surface area contributed by atoms with Crippen molar-refractivity contribution in [3.8, 4) is 0 Å². The summed E-state index contributed by atoms with van der Waals surface area (Å²) < 4.78 is 13.4. The molecule has 1 aliphatic heterocycles. The summed E-state index contributed by atoms with van der Waals surface area (Å²) in [5.74, 6) is -0.300. The average molecular weight is 264 g/mol. The van der Waals surface area contributed by atoms with Crippen LogP contribution in [0.1, 0.15) is 45.1 Å². The average Bonchev–Trinajstić information content (AvgIpc) is 2.44. The lowest BCUT2D eigenvalue weighted by atomic mass is 9.74. The van der Waals surface area contributed by atoms with Gasteiger partial charge in [-0.1, -0.05) is 32.8 Å². The number of rotatable bonds is 4. The smallest absolute Gasteiger partial charge is 0.146 e. The van der Waals surface area contributed by atoms with E-state index in [0.29, 0.717) is 5.41 Å². The number of anilines is 1. The molecule has 1 aliphatic rings. The number of likely N-dealkylation sites (tertiary alicyclic amines) is 1. The monoisotopic (exact) mass is 264 g/mol. The van der Waals surface area contributed by atoms with E-state index in [1.54, 1.807) is 12.1 Å². The highest BCUT2D eigenvalue weighted by molar-refractivity contribution is 5.41. The molecule has 1 saturated heterocycles. The van der Waals surface area contributed by atoms with Gasteiger partial charge in [0.15, 0.2) is 0 Å². The van der Waals surface area contributed by atoms with Crippen LogP contribution in [-0.2, 0) is 6.54 Å². The number of nitrogens with zero attached hydrogens (tertiary/aromatic N) is 1. The van der Waals surface area contributed by atoms with Crippen molar-refractivity contribution in [3.63, 3.8) is 0 Å². The van der Waals surface area contributed by atoms with Crippen molar-refractivity contribution in [1.82, 2.24) is 4.90 Å². The quantitative estimate of drug-likeness (QED) is 0.838. The van der Waals surface area contributed by atoms with E-state index in [1.807, 2.05) is 6.07 Å². The zero-order chi connectivity index (χ0) is 13.9. The summed E-state index contributed by atoms with van der Waals surface area (Å²) in [4.78, 5) is 2.43. The molecule has 0 saturated carbocycles. The molecule has 0 bridgehead atoms. The van der Waals surface area contributed by atoms with E-state index < -0.39 is 0 Å². The second-order valence-corrected chi connectivity index (χ2v) is 5.84. The van der Waals surface area contributed by atoms with Gasteiger partial charge in [-0.2, -0.15) is 0 Å². The van der Waals surface area contributed by atoms with Crippen LogP contribution < -0.4 is 5.73 Å². The number of benzene rings is 1. The van der Waals surface area contributed by atoms with Gasteiger partial charge < -0.3 is 5.73 Å². The fraction of sp³-hybridized carbons (Fsp3) is 0.625. The molecule has 1 aromatic rings. The molecule has 2 nitrogen and oxygen atoms in total. The number of nitrogens with two attached hydrogens (primary N) is 1. The molecule has 0 spiro atoms. The van der Waals surface area contributed by atoms with Crippen LogP contribution in [-0.4, -0.2) is 18.0 Å². The molecule has 0 radical (unpaired) electrons. The van der Waals surface area contributed by atoms with E-state index in [1.165, 1.54) is 25.7 Å². The van der Waals surface area contributed by atoms with Crippen LogP contribution in [0.25, 0.3) is 0 Å². The maximum absolute atomic E-state index is 13.4. The van der Waals surface area contributed by atoms with E-state index in [4.69, 9.17) is 5.73 Å². The largest absolute Gasteiger partial charge is 0.396 e. The van der Waals surface area contributed by atoms with Gasteiger partial charge in [-0.3, -0.25) is 4.90 Å². The Labute approximate surface area is 115 Å². The first-order valence-electron chi connectivity index (χ1n) is 7.35. The summed E-state index contributed by atoms with van der Waals surface area (Å²) in [7, 11) is 0. The Morgan fingerprint density at radius 3 is 2.37 bits per heavy atom. The van der Waals surface area contributed by atoms with Crippen LogP contribution in [0.15, 0.2) is 18.2 Å². The minimum Gasteiger partial charge on any atom is -0.396 e. The third kappa shape index (κ3) is 3.27. The van der Waals surface area contributed by atoms with Gasteiger partial charge in [-0.15, -0.1) is 0 Å². The number of hydrogen-bond acceptors (Lipinski definition) is 2. The Morgan fingerprint density at radius 2 is 1.84 bits per heavy atom. The Morgan fingerprint density at radius 1 is 1.21 bits per heavy atom. The van der Waals surface area contributed by atoms with Crippen LogP contribution in [0.2, 0.25) is 0 Å². The lowest BCUT2D eigenvalue weighted by Crippen LogP contribution is -2.39. The molecule has 0 unspecified atom stereocenters. The van der Waals surface area contributed by atoms with Crippen LogP contribution in [0.4, 0.5) is 10.1 Å². The second kappa shape index (κ2) is 5.91. The standard InChI is InChI=1S/C16H25FN2/c1-3-16(4-2)7-9-19(10-8-16)12-13-5-6-15(18)14(17)11-13/h5-6,11H,3-4,7-10,12,18H2,1-2H3. The van der Waals surface area contributed by atoms with Crippen LogP contribution >= 0.6 is 0 Å². The summed E-state index contributed by atoms with van der Waals surface area (Å²) >= 11 is 0. The molecule has 106 valence electrons. The third-order valence-corrected chi connectivity index (χ3v) is 4.89. The van der Waals surface area contributed by atoms with Gasteiger partial charge in [-0.05, 0) is 49.0 Å². The highest BCUT2D eigenvalue weighted by Crippen LogP contribution is 2.38. The molecular weight excluding hydrogens is 239 g/mol. The predicted octanol–water partition coefficient (Wildman–Crippen LogP) is 3.81. The van der Waals surface area contributed by atoms with Crippen molar-refractivity contribution >= 4 is 5.69 Å². The summed E-state index contributed by atoms with van der Waals surface area (Å²) in [5.41, 5.74) is 7.30. The molecule has 2 rings (SSSR count). The van der Waals surface area contributed by atoms with Crippen molar-refractivity contribution in [1.29, 1.82) is 0 Å². The molecule has 1 heterocycles. The van der Waals surface area contributed by atoms with Crippen molar-refractivity contribution in [2.45, 2.75) is 46.1 Å². The molecule has 1 aromatic carbocycles. The first-order chi connectivity index (χ1) is 9.08. The maximum Gasteiger partial charge on any atom is 0.146 e. The van der Waals surface area contributed by atoms with Crippen molar-refractivity contribution in [3.05, 3.63) is 29.6 Å². The summed E-state index contributed by atoms with van der Waals surface area (Å²) in [6, 6.07) is 5.16. The van der Waals surface area contributed by atoms with E-state index in [2.05, 4.69) is 18.7 Å². The summed E-state index contributed by atoms with van der Waals surface area (Å²) in [6.07, 6.45) is 5.07. The van der Waals surface area contributed by atoms with E-state index in [0.717, 1.165) is 25.2 Å². The molecule has 0 atom stereocenters. The Hall–Kier alpha value is -1.09. The van der Waals surface area contributed by atoms with Crippen LogP contribution in [0, 0.1) is 11.2 Å². The third-order valence-electron chi connectivity index (χ3n) is 4.89. The number of hydrogen-bond donors (Lipinski definition) is 1. The van der Waals surface area contributed by atoms with E-state index in [9.17, 15) is 4.39 Å².